The van der Waals surface area contributed by atoms with Gasteiger partial charge in [-0.25, -0.2) is 4.79 Å². The van der Waals surface area contributed by atoms with Gasteiger partial charge in [0.2, 0.25) is 5.91 Å². The molecule has 2 aliphatic heterocycles. The van der Waals surface area contributed by atoms with Crippen LogP contribution in [0.3, 0.4) is 0 Å². The van der Waals surface area contributed by atoms with E-state index in [1.54, 1.807) is 0 Å². The first-order chi connectivity index (χ1) is 12.0. The molecular weight excluding hydrogens is 340 g/mol. The minimum atomic E-state index is -0.366. The molecule has 0 radical (unpaired) electrons. The Labute approximate surface area is 151 Å². The van der Waals surface area contributed by atoms with Gasteiger partial charge >= 0.3 is 6.09 Å². The molecule has 2 amide bonds. The number of cyclic esters (lactones) is 1. The number of ether oxygens (including phenoxy) is 1. The molecule has 4 fully saturated rings. The first-order valence-electron chi connectivity index (χ1n) is 8.94. The lowest BCUT2D eigenvalue weighted by Crippen LogP contribution is -2.59. The fraction of sp³-hybridized carbons (Fsp3) is 0.579. The summed E-state index contributed by atoms with van der Waals surface area (Å²) in [5.74, 6) is 0.158. The number of fused-ring (bicyclic) bond motifs is 1. The molecule has 1 spiro atoms. The maximum Gasteiger partial charge on any atom is 0.407 e. The average molecular weight is 361 g/mol. The second kappa shape index (κ2) is 4.91. The van der Waals surface area contributed by atoms with Crippen LogP contribution in [0.25, 0.3) is 0 Å². The summed E-state index contributed by atoms with van der Waals surface area (Å²) in [6.07, 6.45) is 2.84. The van der Waals surface area contributed by atoms with Crippen LogP contribution >= 0.6 is 11.6 Å². The second-order valence-corrected chi connectivity index (χ2v) is 8.91. The van der Waals surface area contributed by atoms with E-state index in [1.165, 1.54) is 5.56 Å². The van der Waals surface area contributed by atoms with Crippen molar-refractivity contribution in [2.75, 3.05) is 19.7 Å². The summed E-state index contributed by atoms with van der Waals surface area (Å²) >= 11 is 6.91. The zero-order valence-corrected chi connectivity index (χ0v) is 14.7. The van der Waals surface area contributed by atoms with E-state index in [0.717, 1.165) is 19.4 Å². The number of alkyl halides is 1. The molecule has 1 N–H and O–H groups in total. The molecular formula is C19H21ClN2O3. The second-order valence-electron chi connectivity index (χ2n) is 8.19. The van der Waals surface area contributed by atoms with Crippen LogP contribution in [0.1, 0.15) is 31.2 Å². The molecule has 0 bridgehead atoms. The molecule has 6 heteroatoms. The van der Waals surface area contributed by atoms with Crippen molar-refractivity contribution in [1.82, 2.24) is 10.2 Å². The SMILES string of the molecule is O=C1NC2(CO1)CC(C(=O)N1CCC3(c4ccccc4)CC3(Cl)C1)C2. The molecule has 4 aliphatic rings. The smallest absolute Gasteiger partial charge is 0.407 e. The van der Waals surface area contributed by atoms with Gasteiger partial charge in [0.05, 0.1) is 10.4 Å². The zero-order chi connectivity index (χ0) is 17.3. The fourth-order valence-corrected chi connectivity index (χ4v) is 5.72. The molecule has 5 rings (SSSR count). The van der Waals surface area contributed by atoms with Crippen molar-refractivity contribution in [1.29, 1.82) is 0 Å². The first-order valence-corrected chi connectivity index (χ1v) is 9.31. The minimum Gasteiger partial charge on any atom is -0.447 e. The van der Waals surface area contributed by atoms with Crippen LogP contribution in [-0.4, -0.2) is 47.0 Å². The Bertz CT molecular complexity index is 748. The van der Waals surface area contributed by atoms with Crippen molar-refractivity contribution in [3.8, 4) is 0 Å². The van der Waals surface area contributed by atoms with Crippen molar-refractivity contribution >= 4 is 23.6 Å². The highest BCUT2D eigenvalue weighted by atomic mass is 35.5. The first kappa shape index (κ1) is 15.5. The fourth-order valence-electron chi connectivity index (χ4n) is 5.14. The number of carbonyl (C=O) groups is 2. The Morgan fingerprint density at radius 2 is 2.04 bits per heavy atom. The van der Waals surface area contributed by atoms with Crippen molar-refractivity contribution in [2.24, 2.45) is 5.92 Å². The standard InChI is InChI=1S/C19H21ClN2O3/c20-19-10-18(19,14-4-2-1-3-5-14)6-7-22(11-19)15(23)13-8-17(9-13)12-25-16(24)21-17/h1-5,13H,6-12H2,(H,21,24). The predicted molar refractivity (Wildman–Crippen MR) is 92.5 cm³/mol. The molecule has 1 aromatic rings. The molecule has 2 aliphatic carbocycles. The highest BCUT2D eigenvalue weighted by Crippen LogP contribution is 2.66. The quantitative estimate of drug-likeness (QED) is 0.824. The van der Waals surface area contributed by atoms with Gasteiger partial charge in [-0.2, -0.15) is 0 Å². The van der Waals surface area contributed by atoms with E-state index in [2.05, 4.69) is 29.6 Å². The van der Waals surface area contributed by atoms with Crippen LogP contribution in [0, 0.1) is 5.92 Å². The summed E-state index contributed by atoms with van der Waals surface area (Å²) < 4.78 is 4.99. The minimum absolute atomic E-state index is 0.0229. The third-order valence-corrected chi connectivity index (χ3v) is 7.29. The number of likely N-dealkylation sites (tertiary alicyclic amines) is 1. The lowest BCUT2D eigenvalue weighted by atomic mass is 9.68. The summed E-state index contributed by atoms with van der Waals surface area (Å²) in [4.78, 5) is 25.7. The number of halogens is 1. The van der Waals surface area contributed by atoms with Crippen molar-refractivity contribution in [3.05, 3.63) is 35.9 Å². The maximum absolute atomic E-state index is 12.9. The summed E-state index contributed by atoms with van der Waals surface area (Å²) in [6, 6.07) is 10.4. The lowest BCUT2D eigenvalue weighted by molar-refractivity contribution is -0.142. The molecule has 1 aromatic carbocycles. The van der Waals surface area contributed by atoms with Crippen LogP contribution in [0.4, 0.5) is 4.79 Å². The average Bonchev–Trinajstić information content (AvgIpc) is 3.04. The Kier molecular flexibility index (Phi) is 3.04. The van der Waals surface area contributed by atoms with Gasteiger partial charge < -0.3 is 15.0 Å². The van der Waals surface area contributed by atoms with E-state index < -0.39 is 0 Å². The van der Waals surface area contributed by atoms with Crippen LogP contribution in [0.15, 0.2) is 30.3 Å². The van der Waals surface area contributed by atoms with Crippen LogP contribution in [-0.2, 0) is 14.9 Å². The van der Waals surface area contributed by atoms with E-state index >= 15 is 0 Å². The molecule has 2 saturated carbocycles. The third-order valence-electron chi connectivity index (χ3n) is 6.67. The van der Waals surface area contributed by atoms with Gasteiger partial charge in [0.1, 0.15) is 6.61 Å². The molecule has 0 aromatic heterocycles. The number of rotatable bonds is 2. The van der Waals surface area contributed by atoms with E-state index in [9.17, 15) is 9.59 Å². The van der Waals surface area contributed by atoms with Gasteiger partial charge in [-0.05, 0) is 31.2 Å². The number of amides is 2. The number of hydrogen-bond donors (Lipinski definition) is 1. The molecule has 2 atom stereocenters. The molecule has 5 nitrogen and oxygen atoms in total. The van der Waals surface area contributed by atoms with Crippen LogP contribution < -0.4 is 5.32 Å². The summed E-state index contributed by atoms with van der Waals surface area (Å²) in [5, 5.41) is 2.85. The predicted octanol–water partition coefficient (Wildman–Crippen LogP) is 2.43. The number of carbonyl (C=O) groups excluding carboxylic acids is 2. The van der Waals surface area contributed by atoms with Gasteiger partial charge in [0, 0.05) is 24.4 Å². The molecule has 25 heavy (non-hydrogen) atoms. The van der Waals surface area contributed by atoms with Crippen molar-refractivity contribution < 1.29 is 14.3 Å². The highest BCUT2D eigenvalue weighted by Gasteiger charge is 2.70. The van der Waals surface area contributed by atoms with E-state index in [-0.39, 0.29) is 33.7 Å². The summed E-state index contributed by atoms with van der Waals surface area (Å²) in [7, 11) is 0. The normalized spacial score (nSPS) is 41.6. The number of nitrogens with one attached hydrogen (secondary N) is 1. The number of piperidine rings is 1. The zero-order valence-electron chi connectivity index (χ0n) is 14.0. The Hall–Kier alpha value is -1.75. The summed E-state index contributed by atoms with van der Waals surface area (Å²) in [6.45, 7) is 1.76. The van der Waals surface area contributed by atoms with Gasteiger partial charge in [0.15, 0.2) is 0 Å². The Morgan fingerprint density at radius 3 is 2.68 bits per heavy atom. The summed E-state index contributed by atoms with van der Waals surface area (Å²) in [5.41, 5.74) is 1.02. The molecule has 2 saturated heterocycles. The van der Waals surface area contributed by atoms with Crippen molar-refractivity contribution in [3.63, 3.8) is 0 Å². The number of hydrogen-bond acceptors (Lipinski definition) is 3. The van der Waals surface area contributed by atoms with Gasteiger partial charge in [-0.1, -0.05) is 30.3 Å². The van der Waals surface area contributed by atoms with E-state index in [1.807, 2.05) is 11.0 Å². The van der Waals surface area contributed by atoms with E-state index in [0.29, 0.717) is 26.0 Å². The molecule has 2 heterocycles. The lowest BCUT2D eigenvalue weighted by Gasteiger charge is -2.45. The monoisotopic (exact) mass is 360 g/mol. The van der Waals surface area contributed by atoms with Crippen LogP contribution in [0.5, 0.6) is 0 Å². The maximum atomic E-state index is 12.9. The Balaban J connectivity index is 1.25. The number of nitrogens with zero attached hydrogens (tertiary/aromatic N) is 1. The number of benzene rings is 1. The van der Waals surface area contributed by atoms with Crippen LogP contribution in [0.2, 0.25) is 0 Å². The van der Waals surface area contributed by atoms with E-state index in [4.69, 9.17) is 16.3 Å². The Morgan fingerprint density at radius 1 is 1.28 bits per heavy atom. The van der Waals surface area contributed by atoms with Gasteiger partial charge in [-0.15, -0.1) is 11.6 Å². The number of alkyl carbamates (subject to hydrolysis) is 1. The van der Waals surface area contributed by atoms with Gasteiger partial charge in [0.25, 0.3) is 0 Å². The third kappa shape index (κ3) is 2.14. The highest BCUT2D eigenvalue weighted by molar-refractivity contribution is 6.28. The topological polar surface area (TPSA) is 58.6 Å². The molecule has 2 unspecified atom stereocenters. The largest absolute Gasteiger partial charge is 0.447 e. The van der Waals surface area contributed by atoms with Gasteiger partial charge in [-0.3, -0.25) is 4.79 Å². The van der Waals surface area contributed by atoms with Crippen molar-refractivity contribution in [2.45, 2.75) is 41.5 Å². The molecule has 132 valence electrons.